The number of halogens is 1. The summed E-state index contributed by atoms with van der Waals surface area (Å²) in [6.45, 7) is 4.96. The number of nitrogens with zero attached hydrogens (tertiary/aromatic N) is 2. The number of anilines is 1. The van der Waals surface area contributed by atoms with E-state index >= 15 is 0 Å². The summed E-state index contributed by atoms with van der Waals surface area (Å²) in [5.41, 5.74) is 1.36. The van der Waals surface area contributed by atoms with E-state index in [-0.39, 0.29) is 16.9 Å². The molecule has 38 heavy (non-hydrogen) atoms. The minimum Gasteiger partial charge on any atom is -0.507 e. The zero-order chi connectivity index (χ0) is 26.8. The van der Waals surface area contributed by atoms with Crippen LogP contribution < -0.4 is 14.4 Å². The lowest BCUT2D eigenvalue weighted by molar-refractivity contribution is -0.132. The van der Waals surface area contributed by atoms with Crippen LogP contribution in [0.3, 0.4) is 0 Å². The number of aromatic nitrogens is 1. The van der Waals surface area contributed by atoms with E-state index < -0.39 is 23.5 Å². The van der Waals surface area contributed by atoms with Gasteiger partial charge < -0.3 is 14.6 Å². The first kappa shape index (κ1) is 25.4. The molecule has 0 spiro atoms. The van der Waals surface area contributed by atoms with Crippen molar-refractivity contribution in [2.45, 2.75) is 26.3 Å². The number of thiazole rings is 1. The number of aliphatic hydroxyl groups excluding tert-OH is 1. The fraction of sp³-hybridized carbons (Fsp3) is 0.207. The van der Waals surface area contributed by atoms with Crippen LogP contribution in [0.2, 0.25) is 0 Å². The molecule has 1 aliphatic rings. The summed E-state index contributed by atoms with van der Waals surface area (Å²) in [7, 11) is 0. The third kappa shape index (κ3) is 4.72. The number of amides is 1. The van der Waals surface area contributed by atoms with E-state index in [0.29, 0.717) is 40.9 Å². The van der Waals surface area contributed by atoms with Crippen LogP contribution in [0.15, 0.2) is 72.3 Å². The Kier molecular flexibility index (Phi) is 7.11. The Morgan fingerprint density at radius 2 is 1.71 bits per heavy atom. The Balaban J connectivity index is 1.65. The van der Waals surface area contributed by atoms with Crippen LogP contribution in [0.1, 0.15) is 37.4 Å². The summed E-state index contributed by atoms with van der Waals surface area (Å²) in [4.78, 5) is 32.7. The molecule has 7 nitrogen and oxygen atoms in total. The van der Waals surface area contributed by atoms with Crippen LogP contribution in [-0.4, -0.2) is 35.0 Å². The zero-order valence-electron chi connectivity index (χ0n) is 20.8. The summed E-state index contributed by atoms with van der Waals surface area (Å²) in [6, 6.07) is 16.6. The minimum absolute atomic E-state index is 0.0990. The average molecular weight is 533 g/mol. The first-order chi connectivity index (χ1) is 18.4. The monoisotopic (exact) mass is 532 g/mol. The molecule has 5 rings (SSSR count). The Morgan fingerprint density at radius 3 is 2.39 bits per heavy atom. The molecule has 1 amide bonds. The highest BCUT2D eigenvalue weighted by Crippen LogP contribution is 2.45. The van der Waals surface area contributed by atoms with Gasteiger partial charge in [0, 0.05) is 5.56 Å². The largest absolute Gasteiger partial charge is 0.507 e. The second-order valence-corrected chi connectivity index (χ2v) is 9.66. The van der Waals surface area contributed by atoms with Gasteiger partial charge in [-0.3, -0.25) is 14.5 Å². The number of fused-ring (bicyclic) bond motifs is 1. The van der Waals surface area contributed by atoms with Crippen molar-refractivity contribution in [2.75, 3.05) is 18.1 Å². The molecule has 1 aliphatic heterocycles. The minimum atomic E-state index is -0.952. The normalized spacial score (nSPS) is 16.8. The van der Waals surface area contributed by atoms with Crippen molar-refractivity contribution in [3.05, 3.63) is 89.2 Å². The van der Waals surface area contributed by atoms with Gasteiger partial charge >= 0.3 is 5.91 Å². The molecular formula is C29H25FN2O5S. The molecule has 4 aromatic rings. The second kappa shape index (κ2) is 10.6. The first-order valence-electron chi connectivity index (χ1n) is 12.2. The fourth-order valence-electron chi connectivity index (χ4n) is 4.33. The maximum atomic E-state index is 13.5. The second-order valence-electron chi connectivity index (χ2n) is 8.65. The highest BCUT2D eigenvalue weighted by molar-refractivity contribution is 7.22. The Hall–Kier alpha value is -4.24. The van der Waals surface area contributed by atoms with Crippen LogP contribution in [0, 0.1) is 5.82 Å². The lowest BCUT2D eigenvalue weighted by atomic mass is 9.95. The van der Waals surface area contributed by atoms with E-state index in [1.807, 2.05) is 19.9 Å². The topological polar surface area (TPSA) is 89.0 Å². The van der Waals surface area contributed by atoms with Crippen molar-refractivity contribution in [3.8, 4) is 11.5 Å². The number of benzene rings is 3. The predicted molar refractivity (Wildman–Crippen MR) is 144 cm³/mol. The van der Waals surface area contributed by atoms with Crippen molar-refractivity contribution in [3.63, 3.8) is 0 Å². The summed E-state index contributed by atoms with van der Waals surface area (Å²) >= 11 is 1.25. The molecule has 0 radical (unpaired) electrons. The summed E-state index contributed by atoms with van der Waals surface area (Å²) in [6.07, 6.45) is 0.849. The number of Topliss-reactive ketones (excluding diaryl/α,β-unsaturated/α-hetero) is 1. The van der Waals surface area contributed by atoms with E-state index in [4.69, 9.17) is 9.47 Å². The van der Waals surface area contributed by atoms with Gasteiger partial charge in [0.05, 0.1) is 35.0 Å². The molecule has 1 saturated heterocycles. The van der Waals surface area contributed by atoms with E-state index in [9.17, 15) is 19.1 Å². The Morgan fingerprint density at radius 1 is 1.00 bits per heavy atom. The van der Waals surface area contributed by atoms with Crippen molar-refractivity contribution in [1.29, 1.82) is 0 Å². The van der Waals surface area contributed by atoms with E-state index in [1.165, 1.54) is 40.5 Å². The van der Waals surface area contributed by atoms with Gasteiger partial charge in [-0.2, -0.15) is 0 Å². The fourth-order valence-corrected chi connectivity index (χ4v) is 5.35. The van der Waals surface area contributed by atoms with Crippen LogP contribution in [0.25, 0.3) is 16.0 Å². The predicted octanol–water partition coefficient (Wildman–Crippen LogP) is 6.25. The SMILES string of the molecule is CCCOc1ccc(C2/C(=C(\O)c3ccc(F)cc3)C(=O)C(=O)N2c2nc3ccc(OCC)cc3s2)cc1. The molecule has 0 bridgehead atoms. The summed E-state index contributed by atoms with van der Waals surface area (Å²) in [5, 5.41) is 11.5. The number of carbonyl (C=O) groups is 2. The van der Waals surface area contributed by atoms with Crippen LogP contribution in [-0.2, 0) is 9.59 Å². The number of hydrogen-bond donors (Lipinski definition) is 1. The number of carbonyl (C=O) groups excluding carboxylic acids is 2. The molecule has 3 aromatic carbocycles. The van der Waals surface area contributed by atoms with Gasteiger partial charge in [-0.1, -0.05) is 30.4 Å². The molecule has 1 aromatic heterocycles. The number of aliphatic hydroxyl groups is 1. The molecule has 194 valence electrons. The highest BCUT2D eigenvalue weighted by atomic mass is 32.1. The van der Waals surface area contributed by atoms with Gasteiger partial charge in [0.2, 0.25) is 0 Å². The van der Waals surface area contributed by atoms with Crippen molar-refractivity contribution >= 4 is 44.1 Å². The summed E-state index contributed by atoms with van der Waals surface area (Å²) < 4.78 is 25.6. The number of ether oxygens (including phenoxy) is 2. The number of hydrogen-bond acceptors (Lipinski definition) is 7. The quantitative estimate of drug-likeness (QED) is 0.164. The maximum absolute atomic E-state index is 13.5. The average Bonchev–Trinajstić information content (AvgIpc) is 3.45. The van der Waals surface area contributed by atoms with Gasteiger partial charge in [0.1, 0.15) is 23.1 Å². The molecule has 0 aliphatic carbocycles. The van der Waals surface area contributed by atoms with E-state index in [1.54, 1.807) is 36.4 Å². The molecule has 1 unspecified atom stereocenters. The van der Waals surface area contributed by atoms with Gasteiger partial charge in [0.25, 0.3) is 5.78 Å². The Labute approximate surface area is 222 Å². The smallest absolute Gasteiger partial charge is 0.301 e. The van der Waals surface area contributed by atoms with Crippen molar-refractivity contribution < 1.29 is 28.6 Å². The van der Waals surface area contributed by atoms with Gasteiger partial charge in [-0.05, 0) is 73.5 Å². The summed E-state index contributed by atoms with van der Waals surface area (Å²) in [5.74, 6) is -1.21. The van der Waals surface area contributed by atoms with Crippen LogP contribution in [0.5, 0.6) is 11.5 Å². The Bertz CT molecular complexity index is 1530. The lowest BCUT2D eigenvalue weighted by Crippen LogP contribution is -2.29. The first-order valence-corrected chi connectivity index (χ1v) is 13.1. The molecule has 1 N–H and O–H groups in total. The number of ketones is 1. The van der Waals surface area contributed by atoms with Crippen LogP contribution in [0.4, 0.5) is 9.52 Å². The van der Waals surface area contributed by atoms with Crippen molar-refractivity contribution in [1.82, 2.24) is 4.98 Å². The molecule has 0 saturated carbocycles. The maximum Gasteiger partial charge on any atom is 0.301 e. The molecule has 1 atom stereocenters. The molecule has 1 fully saturated rings. The van der Waals surface area contributed by atoms with Gasteiger partial charge in [0.15, 0.2) is 5.13 Å². The standard InChI is InChI=1S/C29H25FN2O5S/c1-3-15-37-20-11-7-17(8-12-20)25-24(26(33)18-5-9-19(30)10-6-18)27(34)28(35)32(25)29-31-22-14-13-21(36-4-2)16-23(22)38-29/h5-14,16,25,33H,3-4,15H2,1-2H3/b26-24+. The zero-order valence-corrected chi connectivity index (χ0v) is 21.6. The third-order valence-electron chi connectivity index (χ3n) is 6.10. The van der Waals surface area contributed by atoms with Gasteiger partial charge in [-0.25, -0.2) is 9.37 Å². The molecule has 2 heterocycles. The third-order valence-corrected chi connectivity index (χ3v) is 7.11. The molecule has 9 heteroatoms. The van der Waals surface area contributed by atoms with E-state index in [0.717, 1.165) is 11.1 Å². The van der Waals surface area contributed by atoms with Gasteiger partial charge in [-0.15, -0.1) is 0 Å². The van der Waals surface area contributed by atoms with Crippen molar-refractivity contribution in [2.24, 2.45) is 0 Å². The van der Waals surface area contributed by atoms with E-state index in [2.05, 4.69) is 4.98 Å². The highest BCUT2D eigenvalue weighted by Gasteiger charge is 2.48. The lowest BCUT2D eigenvalue weighted by Gasteiger charge is -2.23. The van der Waals surface area contributed by atoms with Crippen LogP contribution >= 0.6 is 11.3 Å². The molecular weight excluding hydrogens is 507 g/mol. The number of rotatable bonds is 8.